The Bertz CT molecular complexity index is 1180. The first-order chi connectivity index (χ1) is 13.9. The van der Waals surface area contributed by atoms with Crippen LogP contribution in [0.4, 0.5) is 11.4 Å². The van der Waals surface area contributed by atoms with Crippen LogP contribution in [-0.4, -0.2) is 20.4 Å². The van der Waals surface area contributed by atoms with E-state index in [0.717, 1.165) is 17.7 Å². The average molecular weight is 427 g/mol. The van der Waals surface area contributed by atoms with Gasteiger partial charge in [0, 0.05) is 17.3 Å². The molecule has 3 aromatic carbocycles. The average Bonchev–Trinajstić information content (AvgIpc) is 3.05. The summed E-state index contributed by atoms with van der Waals surface area (Å²) in [7, 11) is -3.76. The summed E-state index contributed by atoms with van der Waals surface area (Å²) in [5.74, 6) is -0.165. The van der Waals surface area contributed by atoms with Crippen molar-refractivity contribution in [2.24, 2.45) is 0 Å². The molecule has 0 saturated heterocycles. The lowest BCUT2D eigenvalue weighted by molar-refractivity contribution is 0.0981. The van der Waals surface area contributed by atoms with Crippen LogP contribution in [0.15, 0.2) is 77.7 Å². The molecule has 0 radical (unpaired) electrons. The number of amides is 1. The van der Waals surface area contributed by atoms with Gasteiger partial charge in [0.05, 0.1) is 15.6 Å². The molecule has 0 bridgehead atoms. The van der Waals surface area contributed by atoms with Crippen LogP contribution < -0.4 is 9.62 Å². The molecule has 0 spiro atoms. The minimum Gasteiger partial charge on any atom is -0.305 e. The largest absolute Gasteiger partial charge is 0.305 e. The van der Waals surface area contributed by atoms with Crippen molar-refractivity contribution >= 4 is 38.9 Å². The van der Waals surface area contributed by atoms with Crippen molar-refractivity contribution in [3.63, 3.8) is 0 Å². The summed E-state index contributed by atoms with van der Waals surface area (Å²) < 4.78 is 27.5. The van der Waals surface area contributed by atoms with Crippen LogP contribution in [0.1, 0.15) is 22.8 Å². The first kappa shape index (κ1) is 19.5. The van der Waals surface area contributed by atoms with E-state index in [2.05, 4.69) is 4.72 Å². The number of halogens is 1. The third-order valence-electron chi connectivity index (χ3n) is 4.94. The van der Waals surface area contributed by atoms with Gasteiger partial charge in [0.1, 0.15) is 0 Å². The number of nitrogens with one attached hydrogen (secondary N) is 1. The van der Waals surface area contributed by atoms with Gasteiger partial charge in [-0.05, 0) is 55.3 Å². The molecule has 3 aromatic rings. The molecule has 1 aliphatic rings. The Kier molecular flexibility index (Phi) is 5.06. The number of para-hydroxylation sites is 1. The van der Waals surface area contributed by atoms with Crippen molar-refractivity contribution in [3.05, 3.63) is 88.9 Å². The number of sulfonamides is 1. The van der Waals surface area contributed by atoms with Gasteiger partial charge in [-0.15, -0.1) is 0 Å². The highest BCUT2D eigenvalue weighted by Gasteiger charge is 2.31. The van der Waals surface area contributed by atoms with Gasteiger partial charge in [-0.1, -0.05) is 48.0 Å². The zero-order chi connectivity index (χ0) is 20.6. The molecule has 29 heavy (non-hydrogen) atoms. The second kappa shape index (κ2) is 7.54. The molecule has 0 aliphatic carbocycles. The third kappa shape index (κ3) is 3.73. The number of benzene rings is 3. The SMILES string of the molecule is C[C@H]1Cc2ccccc2N1C(=O)c1ccc(NS(=O)(=O)c2ccccc2)c(Cl)c1. The van der Waals surface area contributed by atoms with Crippen LogP contribution >= 0.6 is 11.6 Å². The van der Waals surface area contributed by atoms with Crippen LogP contribution in [0.2, 0.25) is 5.02 Å². The Labute approximate surface area is 175 Å². The fourth-order valence-corrected chi connectivity index (χ4v) is 4.93. The highest BCUT2D eigenvalue weighted by molar-refractivity contribution is 7.92. The fourth-order valence-electron chi connectivity index (χ4n) is 3.55. The van der Waals surface area contributed by atoms with Gasteiger partial charge in [0.2, 0.25) is 0 Å². The van der Waals surface area contributed by atoms with E-state index in [1.54, 1.807) is 29.2 Å². The quantitative estimate of drug-likeness (QED) is 0.655. The molecular formula is C22H19ClN2O3S. The first-order valence-corrected chi connectivity index (χ1v) is 11.0. The molecule has 4 rings (SSSR count). The Morgan fingerprint density at radius 3 is 2.45 bits per heavy atom. The van der Waals surface area contributed by atoms with Crippen molar-refractivity contribution in [2.45, 2.75) is 24.3 Å². The number of carbonyl (C=O) groups excluding carboxylic acids is 1. The number of hydrogen-bond acceptors (Lipinski definition) is 3. The zero-order valence-corrected chi connectivity index (χ0v) is 17.2. The summed E-state index contributed by atoms with van der Waals surface area (Å²) in [6.07, 6.45) is 0.796. The molecule has 0 aromatic heterocycles. The Balaban J connectivity index is 1.60. The second-order valence-electron chi connectivity index (χ2n) is 6.97. The minimum atomic E-state index is -3.76. The van der Waals surface area contributed by atoms with Crippen molar-refractivity contribution in [1.82, 2.24) is 0 Å². The highest BCUT2D eigenvalue weighted by Crippen LogP contribution is 2.34. The summed E-state index contributed by atoms with van der Waals surface area (Å²) in [6, 6.07) is 20.5. The van der Waals surface area contributed by atoms with Gasteiger partial charge >= 0.3 is 0 Å². The topological polar surface area (TPSA) is 66.5 Å². The van der Waals surface area contributed by atoms with Crippen LogP contribution in [-0.2, 0) is 16.4 Å². The molecule has 1 amide bonds. The van der Waals surface area contributed by atoms with Gasteiger partial charge in [-0.25, -0.2) is 8.42 Å². The maximum Gasteiger partial charge on any atom is 0.261 e. The van der Waals surface area contributed by atoms with Gasteiger partial charge in [0.25, 0.3) is 15.9 Å². The first-order valence-electron chi connectivity index (χ1n) is 9.16. The molecule has 1 atom stereocenters. The van der Waals surface area contributed by atoms with Gasteiger partial charge in [0.15, 0.2) is 0 Å². The Hall–Kier alpha value is -2.83. The number of rotatable bonds is 4. The van der Waals surface area contributed by atoms with E-state index in [1.165, 1.54) is 24.3 Å². The summed E-state index contributed by atoms with van der Waals surface area (Å²) in [5.41, 5.74) is 2.66. The van der Waals surface area contributed by atoms with E-state index >= 15 is 0 Å². The summed E-state index contributed by atoms with van der Waals surface area (Å²) in [5, 5.41) is 0.162. The maximum atomic E-state index is 13.1. The maximum absolute atomic E-state index is 13.1. The normalized spacial score (nSPS) is 15.8. The van der Waals surface area contributed by atoms with E-state index in [0.29, 0.717) is 5.56 Å². The van der Waals surface area contributed by atoms with E-state index in [-0.39, 0.29) is 27.6 Å². The minimum absolute atomic E-state index is 0.0370. The van der Waals surface area contributed by atoms with E-state index in [1.807, 2.05) is 31.2 Å². The van der Waals surface area contributed by atoms with Crippen molar-refractivity contribution < 1.29 is 13.2 Å². The van der Waals surface area contributed by atoms with Crippen LogP contribution in [0.25, 0.3) is 0 Å². The van der Waals surface area contributed by atoms with Gasteiger partial charge in [-0.3, -0.25) is 9.52 Å². The van der Waals surface area contributed by atoms with Crippen molar-refractivity contribution in [2.75, 3.05) is 9.62 Å². The number of fused-ring (bicyclic) bond motifs is 1. The van der Waals surface area contributed by atoms with Crippen LogP contribution in [0.3, 0.4) is 0 Å². The predicted octanol–water partition coefficient (Wildman–Crippen LogP) is 4.73. The monoisotopic (exact) mass is 426 g/mol. The van der Waals surface area contributed by atoms with Crippen LogP contribution in [0.5, 0.6) is 0 Å². The van der Waals surface area contributed by atoms with E-state index < -0.39 is 10.0 Å². The molecule has 0 unspecified atom stereocenters. The standard InChI is InChI=1S/C22H19ClN2O3S/c1-15-13-16-7-5-6-10-21(16)25(15)22(26)17-11-12-20(19(23)14-17)24-29(27,28)18-8-3-2-4-9-18/h2-12,14-15,24H,13H2,1H3/t15-/m0/s1. The zero-order valence-electron chi connectivity index (χ0n) is 15.7. The van der Waals surface area contributed by atoms with Crippen LogP contribution in [0, 0.1) is 0 Å². The molecule has 148 valence electrons. The molecule has 0 saturated carbocycles. The van der Waals surface area contributed by atoms with E-state index in [4.69, 9.17) is 11.6 Å². The molecule has 1 N–H and O–H groups in total. The number of hydrogen-bond donors (Lipinski definition) is 1. The molecule has 0 fully saturated rings. The molecular weight excluding hydrogens is 408 g/mol. The lowest BCUT2D eigenvalue weighted by Crippen LogP contribution is -2.35. The van der Waals surface area contributed by atoms with Crippen molar-refractivity contribution in [1.29, 1.82) is 0 Å². The summed E-state index contributed by atoms with van der Waals surface area (Å²) in [6.45, 7) is 2.00. The number of carbonyl (C=O) groups is 1. The number of anilines is 2. The molecule has 5 nitrogen and oxygen atoms in total. The Morgan fingerprint density at radius 1 is 1.03 bits per heavy atom. The van der Waals surface area contributed by atoms with Gasteiger partial charge < -0.3 is 4.90 Å². The fraction of sp³-hybridized carbons (Fsp3) is 0.136. The molecule has 1 aliphatic heterocycles. The number of nitrogens with zero attached hydrogens (tertiary/aromatic N) is 1. The predicted molar refractivity (Wildman–Crippen MR) is 115 cm³/mol. The summed E-state index contributed by atoms with van der Waals surface area (Å²) in [4.78, 5) is 15.0. The van der Waals surface area contributed by atoms with Gasteiger partial charge in [-0.2, -0.15) is 0 Å². The third-order valence-corrected chi connectivity index (χ3v) is 6.63. The Morgan fingerprint density at radius 2 is 1.72 bits per heavy atom. The smallest absolute Gasteiger partial charge is 0.261 e. The molecule has 1 heterocycles. The lowest BCUT2D eigenvalue weighted by Gasteiger charge is -2.23. The van der Waals surface area contributed by atoms with Crippen molar-refractivity contribution in [3.8, 4) is 0 Å². The van der Waals surface area contributed by atoms with E-state index in [9.17, 15) is 13.2 Å². The molecule has 7 heteroatoms. The summed E-state index contributed by atoms with van der Waals surface area (Å²) >= 11 is 6.31. The second-order valence-corrected chi connectivity index (χ2v) is 9.06. The highest BCUT2D eigenvalue weighted by atomic mass is 35.5. The lowest BCUT2D eigenvalue weighted by atomic mass is 10.1.